The van der Waals surface area contributed by atoms with Crippen LogP contribution in [0.3, 0.4) is 0 Å². The van der Waals surface area contributed by atoms with E-state index in [0.29, 0.717) is 12.4 Å². The van der Waals surface area contributed by atoms with Gasteiger partial charge in [-0.25, -0.2) is 0 Å². The molecule has 1 fully saturated rings. The fraction of sp³-hybridized carbons (Fsp3) is 0.667. The maximum absolute atomic E-state index is 9.54. The lowest BCUT2D eigenvalue weighted by Crippen LogP contribution is -2.38. The summed E-state index contributed by atoms with van der Waals surface area (Å²) in [6.07, 6.45) is 5.62. The van der Waals surface area contributed by atoms with Crippen molar-refractivity contribution in [2.45, 2.75) is 12.8 Å². The van der Waals surface area contributed by atoms with Crippen molar-refractivity contribution < 1.29 is 14.6 Å². The van der Waals surface area contributed by atoms with Crippen LogP contribution in [0.4, 0.5) is 0 Å². The lowest BCUT2D eigenvalue weighted by atomic mass is 10.1. The SMILES string of the molecule is OC1=CCCC=C1OCCN1CCOCC1. The standard InChI is InChI=1S/C12H19NO3/c14-11-3-1-2-4-12(11)16-10-7-13-5-8-15-9-6-13/h3-4,14H,1-2,5-10H2. The molecule has 0 saturated carbocycles. The molecule has 2 rings (SSSR count). The Labute approximate surface area is 96.1 Å². The van der Waals surface area contributed by atoms with Crippen LogP contribution in [-0.2, 0) is 9.47 Å². The largest absolute Gasteiger partial charge is 0.504 e. The van der Waals surface area contributed by atoms with Crippen LogP contribution in [0.15, 0.2) is 23.7 Å². The zero-order valence-electron chi connectivity index (χ0n) is 9.52. The fourth-order valence-electron chi connectivity index (χ4n) is 1.88. The van der Waals surface area contributed by atoms with Gasteiger partial charge in [-0.05, 0) is 25.0 Å². The van der Waals surface area contributed by atoms with E-state index in [-0.39, 0.29) is 5.76 Å². The zero-order chi connectivity index (χ0) is 11.2. The summed E-state index contributed by atoms with van der Waals surface area (Å²) in [5.74, 6) is 0.924. The van der Waals surface area contributed by atoms with Gasteiger partial charge in [0.15, 0.2) is 11.5 Å². The van der Waals surface area contributed by atoms with Crippen molar-refractivity contribution in [3.05, 3.63) is 23.7 Å². The maximum atomic E-state index is 9.54. The minimum Gasteiger partial charge on any atom is -0.504 e. The lowest BCUT2D eigenvalue weighted by Gasteiger charge is -2.26. The van der Waals surface area contributed by atoms with Crippen LogP contribution in [0.1, 0.15) is 12.8 Å². The summed E-state index contributed by atoms with van der Waals surface area (Å²) in [5, 5.41) is 9.54. The second kappa shape index (κ2) is 5.92. The quantitative estimate of drug-likeness (QED) is 0.786. The van der Waals surface area contributed by atoms with Gasteiger partial charge in [0.25, 0.3) is 0 Å². The lowest BCUT2D eigenvalue weighted by molar-refractivity contribution is 0.0270. The number of aliphatic hydroxyl groups is 1. The molecule has 1 N–H and O–H groups in total. The van der Waals surface area contributed by atoms with Crippen molar-refractivity contribution >= 4 is 0 Å². The number of hydrogen-bond acceptors (Lipinski definition) is 4. The van der Waals surface area contributed by atoms with Gasteiger partial charge < -0.3 is 14.6 Å². The van der Waals surface area contributed by atoms with Gasteiger partial charge >= 0.3 is 0 Å². The number of allylic oxidation sites excluding steroid dienone is 2. The normalized spacial score (nSPS) is 22.5. The van der Waals surface area contributed by atoms with Crippen LogP contribution in [-0.4, -0.2) is 49.5 Å². The Morgan fingerprint density at radius 1 is 1.25 bits per heavy atom. The number of rotatable bonds is 4. The summed E-state index contributed by atoms with van der Waals surface area (Å²) in [4.78, 5) is 2.31. The van der Waals surface area contributed by atoms with Gasteiger partial charge in [-0.1, -0.05) is 0 Å². The molecule has 4 nitrogen and oxygen atoms in total. The molecule has 1 aliphatic carbocycles. The van der Waals surface area contributed by atoms with Crippen LogP contribution >= 0.6 is 0 Å². The second-order valence-electron chi connectivity index (χ2n) is 4.04. The average Bonchev–Trinajstić information content (AvgIpc) is 2.33. The van der Waals surface area contributed by atoms with Gasteiger partial charge in [0.05, 0.1) is 13.2 Å². The Kier molecular flexibility index (Phi) is 4.25. The zero-order valence-corrected chi connectivity index (χ0v) is 9.52. The second-order valence-corrected chi connectivity index (χ2v) is 4.04. The predicted molar refractivity (Wildman–Crippen MR) is 61.2 cm³/mol. The summed E-state index contributed by atoms with van der Waals surface area (Å²) in [6.45, 7) is 5.11. The van der Waals surface area contributed by atoms with Crippen molar-refractivity contribution in [1.82, 2.24) is 4.90 Å². The van der Waals surface area contributed by atoms with E-state index in [9.17, 15) is 5.11 Å². The molecule has 2 aliphatic rings. The summed E-state index contributed by atoms with van der Waals surface area (Å²) >= 11 is 0. The molecule has 1 saturated heterocycles. The van der Waals surface area contributed by atoms with Gasteiger partial charge in [-0.2, -0.15) is 0 Å². The summed E-state index contributed by atoms with van der Waals surface area (Å²) < 4.78 is 10.8. The molecule has 0 aromatic heterocycles. The third-order valence-electron chi connectivity index (χ3n) is 2.86. The third-order valence-corrected chi connectivity index (χ3v) is 2.86. The molecular formula is C12H19NO3. The molecule has 90 valence electrons. The molecule has 1 aliphatic heterocycles. The molecule has 0 atom stereocenters. The molecule has 0 bridgehead atoms. The average molecular weight is 225 g/mol. The van der Waals surface area contributed by atoms with Crippen LogP contribution in [0.25, 0.3) is 0 Å². The minimum atomic E-state index is 0.285. The maximum Gasteiger partial charge on any atom is 0.156 e. The van der Waals surface area contributed by atoms with Crippen molar-refractivity contribution in [3.8, 4) is 0 Å². The van der Waals surface area contributed by atoms with Crippen LogP contribution in [0, 0.1) is 0 Å². The molecular weight excluding hydrogens is 206 g/mol. The summed E-state index contributed by atoms with van der Waals surface area (Å²) in [6, 6.07) is 0. The number of morpholine rings is 1. The monoisotopic (exact) mass is 225 g/mol. The van der Waals surface area contributed by atoms with Crippen molar-refractivity contribution in [2.75, 3.05) is 39.5 Å². The van der Waals surface area contributed by atoms with Crippen molar-refractivity contribution in [2.24, 2.45) is 0 Å². The number of hydrogen-bond donors (Lipinski definition) is 1. The molecule has 0 spiro atoms. The van der Waals surface area contributed by atoms with E-state index in [1.165, 1.54) is 0 Å². The Balaban J connectivity index is 1.67. The van der Waals surface area contributed by atoms with E-state index >= 15 is 0 Å². The first-order valence-electron chi connectivity index (χ1n) is 5.89. The van der Waals surface area contributed by atoms with E-state index in [4.69, 9.17) is 9.47 Å². The van der Waals surface area contributed by atoms with Crippen molar-refractivity contribution in [3.63, 3.8) is 0 Å². The first-order chi connectivity index (χ1) is 7.86. The Hall–Kier alpha value is -1.00. The summed E-state index contributed by atoms with van der Waals surface area (Å²) in [7, 11) is 0. The van der Waals surface area contributed by atoms with Gasteiger partial charge in [0.1, 0.15) is 6.61 Å². The molecule has 0 radical (unpaired) electrons. The van der Waals surface area contributed by atoms with Gasteiger partial charge in [-0.15, -0.1) is 0 Å². The molecule has 0 aromatic carbocycles. The van der Waals surface area contributed by atoms with E-state index in [2.05, 4.69) is 4.90 Å². The minimum absolute atomic E-state index is 0.285. The number of aliphatic hydroxyl groups excluding tert-OH is 1. The topological polar surface area (TPSA) is 41.9 Å². The van der Waals surface area contributed by atoms with E-state index < -0.39 is 0 Å². The smallest absolute Gasteiger partial charge is 0.156 e. The molecule has 1 heterocycles. The van der Waals surface area contributed by atoms with E-state index in [1.807, 2.05) is 12.2 Å². The number of nitrogens with zero attached hydrogens (tertiary/aromatic N) is 1. The molecule has 0 aromatic rings. The van der Waals surface area contributed by atoms with Crippen LogP contribution in [0.5, 0.6) is 0 Å². The van der Waals surface area contributed by atoms with Crippen LogP contribution in [0.2, 0.25) is 0 Å². The van der Waals surface area contributed by atoms with Gasteiger partial charge in [0, 0.05) is 19.6 Å². The molecule has 4 heteroatoms. The Morgan fingerprint density at radius 2 is 2.00 bits per heavy atom. The van der Waals surface area contributed by atoms with Crippen LogP contribution < -0.4 is 0 Å². The van der Waals surface area contributed by atoms with Crippen molar-refractivity contribution in [1.29, 1.82) is 0 Å². The highest BCUT2D eigenvalue weighted by Crippen LogP contribution is 2.17. The van der Waals surface area contributed by atoms with E-state index in [0.717, 1.165) is 45.7 Å². The Morgan fingerprint density at radius 3 is 2.75 bits per heavy atom. The van der Waals surface area contributed by atoms with E-state index in [1.54, 1.807) is 0 Å². The Bertz CT molecular complexity index is 280. The van der Waals surface area contributed by atoms with Gasteiger partial charge in [-0.3, -0.25) is 4.90 Å². The third kappa shape index (κ3) is 3.25. The summed E-state index contributed by atoms with van der Waals surface area (Å²) in [5.41, 5.74) is 0. The fourth-order valence-corrected chi connectivity index (χ4v) is 1.88. The highest BCUT2D eigenvalue weighted by Gasteiger charge is 2.12. The first-order valence-corrected chi connectivity index (χ1v) is 5.89. The predicted octanol–water partition coefficient (Wildman–Crippen LogP) is 1.45. The van der Waals surface area contributed by atoms with Gasteiger partial charge in [0.2, 0.25) is 0 Å². The molecule has 16 heavy (non-hydrogen) atoms. The first kappa shape index (κ1) is 11.5. The molecule has 0 amide bonds. The highest BCUT2D eigenvalue weighted by atomic mass is 16.5. The number of ether oxygens (including phenoxy) is 2. The highest BCUT2D eigenvalue weighted by molar-refractivity contribution is 5.22. The molecule has 0 unspecified atom stereocenters.